The van der Waals surface area contributed by atoms with E-state index in [1.54, 1.807) is 12.1 Å². The lowest BCUT2D eigenvalue weighted by Gasteiger charge is -2.34. The van der Waals surface area contributed by atoms with Gasteiger partial charge >= 0.3 is 6.18 Å². The van der Waals surface area contributed by atoms with Gasteiger partial charge in [-0.15, -0.1) is 0 Å². The van der Waals surface area contributed by atoms with Crippen LogP contribution in [0.1, 0.15) is 15.9 Å². The van der Waals surface area contributed by atoms with Gasteiger partial charge in [0.2, 0.25) is 10.0 Å². The molecule has 2 aromatic carbocycles. The molecule has 3 rings (SSSR count). The standard InChI is InChI=1S/C21H24F3N3O4S/c1-31-16-6-8-17(9-7-16)32(29,30)27-14-12-26(13-15-27)11-10-25-20(28)18-4-2-3-5-19(18)21(22,23)24/h2-9H,10-15H2,1H3,(H,25,28). The lowest BCUT2D eigenvalue weighted by atomic mass is 10.1. The van der Waals surface area contributed by atoms with Crippen LogP contribution in [0.25, 0.3) is 0 Å². The molecule has 11 heteroatoms. The van der Waals surface area contributed by atoms with Crippen molar-refractivity contribution in [1.29, 1.82) is 0 Å². The topological polar surface area (TPSA) is 79.0 Å². The second-order valence-electron chi connectivity index (χ2n) is 7.22. The molecule has 1 aliphatic heterocycles. The summed E-state index contributed by atoms with van der Waals surface area (Å²) in [5.41, 5.74) is -1.40. The Balaban J connectivity index is 1.50. The predicted molar refractivity (Wildman–Crippen MR) is 112 cm³/mol. The Kier molecular flexibility index (Phi) is 7.42. The van der Waals surface area contributed by atoms with Crippen molar-refractivity contribution < 1.29 is 31.1 Å². The van der Waals surface area contributed by atoms with Crippen molar-refractivity contribution in [2.75, 3.05) is 46.4 Å². The number of hydrogen-bond acceptors (Lipinski definition) is 5. The van der Waals surface area contributed by atoms with E-state index >= 15 is 0 Å². The first-order chi connectivity index (χ1) is 15.1. The summed E-state index contributed by atoms with van der Waals surface area (Å²) in [7, 11) is -2.12. The minimum Gasteiger partial charge on any atom is -0.497 e. The zero-order valence-corrected chi connectivity index (χ0v) is 18.2. The van der Waals surface area contributed by atoms with Crippen molar-refractivity contribution in [1.82, 2.24) is 14.5 Å². The van der Waals surface area contributed by atoms with Crippen molar-refractivity contribution >= 4 is 15.9 Å². The van der Waals surface area contributed by atoms with E-state index in [2.05, 4.69) is 5.32 Å². The van der Waals surface area contributed by atoms with Crippen LogP contribution in [0.15, 0.2) is 53.4 Å². The van der Waals surface area contributed by atoms with Crippen molar-refractivity contribution in [3.8, 4) is 5.75 Å². The first-order valence-corrected chi connectivity index (χ1v) is 11.4. The Labute approximate surface area is 184 Å². The maximum absolute atomic E-state index is 13.1. The average Bonchev–Trinajstić information content (AvgIpc) is 2.79. The fourth-order valence-corrected chi connectivity index (χ4v) is 4.86. The molecule has 1 N–H and O–H groups in total. The van der Waals surface area contributed by atoms with Gasteiger partial charge in [-0.05, 0) is 36.4 Å². The van der Waals surface area contributed by atoms with Crippen LogP contribution in [0.2, 0.25) is 0 Å². The Morgan fingerprint density at radius 2 is 1.66 bits per heavy atom. The number of methoxy groups -OCH3 is 1. The molecule has 1 saturated heterocycles. The number of alkyl halides is 3. The number of ether oxygens (including phenoxy) is 1. The number of benzene rings is 2. The number of halogens is 3. The molecule has 0 bridgehead atoms. The summed E-state index contributed by atoms with van der Waals surface area (Å²) in [4.78, 5) is 14.4. The van der Waals surface area contributed by atoms with Gasteiger partial charge in [0, 0.05) is 39.3 Å². The molecule has 0 aliphatic carbocycles. The number of piperazine rings is 1. The molecule has 32 heavy (non-hydrogen) atoms. The van der Waals surface area contributed by atoms with Gasteiger partial charge in [0.15, 0.2) is 0 Å². The van der Waals surface area contributed by atoms with Gasteiger partial charge in [0.1, 0.15) is 5.75 Å². The predicted octanol–water partition coefficient (Wildman–Crippen LogP) is 2.45. The number of hydrogen-bond donors (Lipinski definition) is 1. The van der Waals surface area contributed by atoms with Gasteiger partial charge in [0.25, 0.3) is 5.91 Å². The second kappa shape index (κ2) is 9.88. The van der Waals surface area contributed by atoms with Crippen molar-refractivity contribution in [3.05, 3.63) is 59.7 Å². The van der Waals surface area contributed by atoms with Gasteiger partial charge in [-0.2, -0.15) is 17.5 Å². The van der Waals surface area contributed by atoms with Crippen molar-refractivity contribution in [3.63, 3.8) is 0 Å². The summed E-state index contributed by atoms with van der Waals surface area (Å²) in [5, 5.41) is 2.51. The Morgan fingerprint density at radius 3 is 2.25 bits per heavy atom. The first-order valence-electron chi connectivity index (χ1n) is 9.94. The smallest absolute Gasteiger partial charge is 0.417 e. The molecule has 174 valence electrons. The molecule has 1 amide bonds. The fraction of sp³-hybridized carbons (Fsp3) is 0.381. The molecular formula is C21H24F3N3O4S. The van der Waals surface area contributed by atoms with Crippen LogP contribution < -0.4 is 10.1 Å². The molecular weight excluding hydrogens is 447 g/mol. The number of sulfonamides is 1. The summed E-state index contributed by atoms with van der Waals surface area (Å²) in [6.07, 6.45) is -4.61. The summed E-state index contributed by atoms with van der Waals surface area (Å²) in [6.45, 7) is 2.00. The van der Waals surface area contributed by atoms with E-state index in [9.17, 15) is 26.4 Å². The zero-order valence-electron chi connectivity index (χ0n) is 17.4. The molecule has 1 fully saturated rings. The molecule has 0 unspecified atom stereocenters. The van der Waals surface area contributed by atoms with Crippen LogP contribution in [0.4, 0.5) is 13.2 Å². The highest BCUT2D eigenvalue weighted by Crippen LogP contribution is 2.31. The van der Waals surface area contributed by atoms with E-state index in [0.717, 1.165) is 12.1 Å². The van der Waals surface area contributed by atoms with Crippen LogP contribution in [-0.2, 0) is 16.2 Å². The van der Waals surface area contributed by atoms with Gasteiger partial charge < -0.3 is 10.1 Å². The maximum Gasteiger partial charge on any atom is 0.417 e. The summed E-state index contributed by atoms with van der Waals surface area (Å²) in [5.74, 6) is -0.229. The van der Waals surface area contributed by atoms with E-state index < -0.39 is 33.2 Å². The molecule has 0 radical (unpaired) electrons. The third-order valence-corrected chi connectivity index (χ3v) is 7.13. The minimum absolute atomic E-state index is 0.149. The number of nitrogens with one attached hydrogen (secondary N) is 1. The van der Waals surface area contributed by atoms with E-state index in [-0.39, 0.29) is 24.5 Å². The van der Waals surface area contributed by atoms with Crippen LogP contribution in [0.3, 0.4) is 0 Å². The summed E-state index contributed by atoms with van der Waals surface area (Å²) in [6, 6.07) is 10.8. The van der Waals surface area contributed by atoms with Crippen LogP contribution >= 0.6 is 0 Å². The van der Waals surface area contributed by atoms with Gasteiger partial charge in [-0.25, -0.2) is 8.42 Å². The molecule has 0 spiro atoms. The van der Waals surface area contributed by atoms with Crippen LogP contribution in [0.5, 0.6) is 5.75 Å². The monoisotopic (exact) mass is 471 g/mol. The second-order valence-corrected chi connectivity index (χ2v) is 9.16. The normalized spacial score (nSPS) is 16.0. The summed E-state index contributed by atoms with van der Waals surface area (Å²) >= 11 is 0. The third-order valence-electron chi connectivity index (χ3n) is 5.22. The Hall–Kier alpha value is -2.63. The van der Waals surface area contributed by atoms with E-state index in [1.165, 1.54) is 35.7 Å². The molecule has 1 heterocycles. The molecule has 7 nitrogen and oxygen atoms in total. The number of nitrogens with zero attached hydrogens (tertiary/aromatic N) is 2. The number of amides is 1. The van der Waals surface area contributed by atoms with E-state index in [0.29, 0.717) is 25.4 Å². The average molecular weight is 472 g/mol. The molecule has 2 aromatic rings. The van der Waals surface area contributed by atoms with Crippen LogP contribution in [0, 0.1) is 0 Å². The van der Waals surface area contributed by atoms with E-state index in [4.69, 9.17) is 4.74 Å². The van der Waals surface area contributed by atoms with Crippen molar-refractivity contribution in [2.24, 2.45) is 0 Å². The maximum atomic E-state index is 13.1. The van der Waals surface area contributed by atoms with Gasteiger partial charge in [0.05, 0.1) is 23.1 Å². The molecule has 1 aliphatic rings. The largest absolute Gasteiger partial charge is 0.497 e. The first kappa shape index (κ1) is 24.0. The van der Waals surface area contributed by atoms with E-state index in [1.807, 2.05) is 4.90 Å². The molecule has 0 saturated carbocycles. The Bertz CT molecular complexity index is 1040. The highest BCUT2D eigenvalue weighted by atomic mass is 32.2. The molecule has 0 atom stereocenters. The quantitative estimate of drug-likeness (QED) is 0.671. The highest BCUT2D eigenvalue weighted by Gasteiger charge is 2.35. The van der Waals surface area contributed by atoms with Gasteiger partial charge in [-0.1, -0.05) is 12.1 Å². The van der Waals surface area contributed by atoms with Gasteiger partial charge in [-0.3, -0.25) is 9.69 Å². The number of carbonyl (C=O) groups is 1. The lowest BCUT2D eigenvalue weighted by molar-refractivity contribution is -0.137. The highest BCUT2D eigenvalue weighted by molar-refractivity contribution is 7.89. The SMILES string of the molecule is COc1ccc(S(=O)(=O)N2CCN(CCNC(=O)c3ccccc3C(F)(F)F)CC2)cc1. The minimum atomic E-state index is -4.61. The summed E-state index contributed by atoms with van der Waals surface area (Å²) < 4.78 is 71.2. The fourth-order valence-electron chi connectivity index (χ4n) is 3.44. The van der Waals surface area contributed by atoms with Crippen molar-refractivity contribution in [2.45, 2.75) is 11.1 Å². The number of rotatable bonds is 7. The number of carbonyl (C=O) groups excluding carboxylic acids is 1. The zero-order chi connectivity index (χ0) is 23.4. The third kappa shape index (κ3) is 5.59. The Morgan fingerprint density at radius 1 is 1.03 bits per heavy atom. The lowest BCUT2D eigenvalue weighted by Crippen LogP contribution is -2.50. The van der Waals surface area contributed by atoms with Crippen LogP contribution in [-0.4, -0.2) is 69.9 Å². The molecule has 0 aromatic heterocycles.